The van der Waals surface area contributed by atoms with Crippen molar-refractivity contribution in [1.29, 1.82) is 0 Å². The van der Waals surface area contributed by atoms with E-state index in [1.165, 1.54) is 6.92 Å². The van der Waals surface area contributed by atoms with Gasteiger partial charge in [-0.2, -0.15) is 0 Å². The van der Waals surface area contributed by atoms with E-state index >= 15 is 0 Å². The number of methoxy groups -OCH3 is 1. The van der Waals surface area contributed by atoms with Crippen LogP contribution in [0.2, 0.25) is 0 Å². The van der Waals surface area contributed by atoms with Crippen molar-refractivity contribution < 1.29 is 19.1 Å². The molecule has 0 bridgehead atoms. The van der Waals surface area contributed by atoms with Gasteiger partial charge in [-0.3, -0.25) is 9.59 Å². The van der Waals surface area contributed by atoms with Crippen molar-refractivity contribution in [2.75, 3.05) is 19.0 Å². The van der Waals surface area contributed by atoms with E-state index in [0.29, 0.717) is 34.9 Å². The summed E-state index contributed by atoms with van der Waals surface area (Å²) >= 11 is 0. The molecule has 0 atom stereocenters. The number of carbonyl (C=O) groups is 2. The Morgan fingerprint density at radius 3 is 2.29 bits per heavy atom. The molecule has 0 aromatic heterocycles. The van der Waals surface area contributed by atoms with Crippen LogP contribution in [-0.4, -0.2) is 25.4 Å². The van der Waals surface area contributed by atoms with Crippen molar-refractivity contribution in [3.05, 3.63) is 53.6 Å². The maximum Gasteiger partial charge on any atom is 0.255 e. The number of hydrogen-bond donors (Lipinski definition) is 1. The highest BCUT2D eigenvalue weighted by Gasteiger charge is 2.12. The summed E-state index contributed by atoms with van der Waals surface area (Å²) < 4.78 is 10.7. The molecular weight excluding hydrogens is 306 g/mol. The Kier molecular flexibility index (Phi) is 5.95. The van der Waals surface area contributed by atoms with E-state index in [1.807, 2.05) is 6.92 Å². The number of ketones is 1. The first kappa shape index (κ1) is 17.5. The van der Waals surface area contributed by atoms with E-state index in [4.69, 9.17) is 9.47 Å². The van der Waals surface area contributed by atoms with E-state index < -0.39 is 0 Å². The van der Waals surface area contributed by atoms with Gasteiger partial charge in [0.1, 0.15) is 11.5 Å². The van der Waals surface area contributed by atoms with Gasteiger partial charge in [0.05, 0.1) is 19.4 Å². The minimum atomic E-state index is -0.278. The lowest BCUT2D eigenvalue weighted by molar-refractivity contribution is 0.101. The van der Waals surface area contributed by atoms with E-state index in [2.05, 4.69) is 5.32 Å². The molecule has 2 aromatic rings. The zero-order valence-corrected chi connectivity index (χ0v) is 14.1. The fourth-order valence-corrected chi connectivity index (χ4v) is 2.12. The first-order valence-corrected chi connectivity index (χ1v) is 7.78. The quantitative estimate of drug-likeness (QED) is 0.782. The van der Waals surface area contributed by atoms with Crippen molar-refractivity contribution in [2.45, 2.75) is 20.3 Å². The topological polar surface area (TPSA) is 64.6 Å². The molecule has 2 rings (SSSR count). The Morgan fingerprint density at radius 1 is 1.04 bits per heavy atom. The lowest BCUT2D eigenvalue weighted by atomic mass is 10.1. The fourth-order valence-electron chi connectivity index (χ4n) is 2.12. The Morgan fingerprint density at radius 2 is 1.71 bits per heavy atom. The van der Waals surface area contributed by atoms with Crippen LogP contribution in [0.1, 0.15) is 41.0 Å². The van der Waals surface area contributed by atoms with E-state index in [-0.39, 0.29) is 11.7 Å². The molecule has 1 amide bonds. The van der Waals surface area contributed by atoms with Crippen LogP contribution in [0.25, 0.3) is 0 Å². The molecule has 0 radical (unpaired) electrons. The van der Waals surface area contributed by atoms with Crippen molar-refractivity contribution in [3.8, 4) is 11.5 Å². The number of nitrogens with one attached hydrogen (secondary N) is 1. The van der Waals surface area contributed by atoms with Gasteiger partial charge in [0, 0.05) is 11.1 Å². The molecule has 0 heterocycles. The Bertz CT molecular complexity index is 723. The summed E-state index contributed by atoms with van der Waals surface area (Å²) in [6, 6.07) is 11.8. The molecule has 5 nitrogen and oxygen atoms in total. The summed E-state index contributed by atoms with van der Waals surface area (Å²) in [5.74, 6) is 0.873. The predicted molar refractivity (Wildman–Crippen MR) is 93.2 cm³/mol. The molecule has 0 saturated heterocycles. The van der Waals surface area contributed by atoms with E-state index in [1.54, 1.807) is 49.6 Å². The lowest BCUT2D eigenvalue weighted by Gasteiger charge is -2.13. The number of amides is 1. The molecule has 0 spiro atoms. The second-order valence-electron chi connectivity index (χ2n) is 5.30. The van der Waals surface area contributed by atoms with Crippen LogP contribution in [0.15, 0.2) is 42.5 Å². The number of hydrogen-bond acceptors (Lipinski definition) is 4. The molecular formula is C19H21NO4. The highest BCUT2D eigenvalue weighted by molar-refractivity contribution is 6.06. The maximum absolute atomic E-state index is 12.4. The molecule has 0 aliphatic rings. The summed E-state index contributed by atoms with van der Waals surface area (Å²) in [7, 11) is 1.57. The van der Waals surface area contributed by atoms with E-state index in [9.17, 15) is 9.59 Å². The Hall–Kier alpha value is -2.82. The van der Waals surface area contributed by atoms with Gasteiger partial charge in [-0.1, -0.05) is 6.92 Å². The van der Waals surface area contributed by atoms with Gasteiger partial charge < -0.3 is 14.8 Å². The van der Waals surface area contributed by atoms with Crippen LogP contribution >= 0.6 is 0 Å². The molecule has 0 saturated carbocycles. The number of carbonyl (C=O) groups excluding carboxylic acids is 2. The normalized spacial score (nSPS) is 10.1. The van der Waals surface area contributed by atoms with Crippen molar-refractivity contribution in [3.63, 3.8) is 0 Å². The summed E-state index contributed by atoms with van der Waals surface area (Å²) in [5, 5.41) is 2.81. The monoisotopic (exact) mass is 327 g/mol. The van der Waals surface area contributed by atoms with Gasteiger partial charge in [0.2, 0.25) is 0 Å². The van der Waals surface area contributed by atoms with Gasteiger partial charge in [-0.15, -0.1) is 0 Å². The summed E-state index contributed by atoms with van der Waals surface area (Å²) in [6.45, 7) is 4.02. The predicted octanol–water partition coefficient (Wildman–Crippen LogP) is 3.94. The van der Waals surface area contributed by atoms with Crippen molar-refractivity contribution >= 4 is 17.4 Å². The number of benzene rings is 2. The van der Waals surface area contributed by atoms with E-state index in [0.717, 1.165) is 6.42 Å². The standard InChI is InChI=1S/C19H21NO4/c1-4-11-24-18-10-7-15(13(2)21)12-17(18)20-19(22)14-5-8-16(23-3)9-6-14/h5-10,12H,4,11H2,1-3H3,(H,20,22). The van der Waals surface area contributed by atoms with Crippen LogP contribution < -0.4 is 14.8 Å². The fraction of sp³-hybridized carbons (Fsp3) is 0.263. The lowest BCUT2D eigenvalue weighted by Crippen LogP contribution is -2.13. The Labute approximate surface area is 141 Å². The van der Waals surface area contributed by atoms with Crippen LogP contribution in [0, 0.1) is 0 Å². The second kappa shape index (κ2) is 8.15. The third kappa shape index (κ3) is 4.35. The molecule has 0 aliphatic heterocycles. The minimum Gasteiger partial charge on any atom is -0.497 e. The highest BCUT2D eigenvalue weighted by Crippen LogP contribution is 2.27. The zero-order valence-electron chi connectivity index (χ0n) is 14.1. The molecule has 0 fully saturated rings. The summed E-state index contributed by atoms with van der Waals surface area (Å²) in [4.78, 5) is 24.0. The van der Waals surface area contributed by atoms with Crippen LogP contribution in [0.4, 0.5) is 5.69 Å². The average molecular weight is 327 g/mol. The molecule has 0 unspecified atom stereocenters. The molecule has 5 heteroatoms. The second-order valence-corrected chi connectivity index (χ2v) is 5.30. The Balaban J connectivity index is 2.25. The van der Waals surface area contributed by atoms with Gasteiger partial charge in [0.25, 0.3) is 5.91 Å². The van der Waals surface area contributed by atoms with Crippen LogP contribution in [0.3, 0.4) is 0 Å². The smallest absolute Gasteiger partial charge is 0.255 e. The first-order valence-electron chi connectivity index (χ1n) is 7.78. The maximum atomic E-state index is 12.4. The molecule has 126 valence electrons. The van der Waals surface area contributed by atoms with Crippen molar-refractivity contribution in [2.24, 2.45) is 0 Å². The van der Waals surface area contributed by atoms with Gasteiger partial charge >= 0.3 is 0 Å². The number of rotatable bonds is 7. The van der Waals surface area contributed by atoms with Crippen LogP contribution in [0.5, 0.6) is 11.5 Å². The first-order chi connectivity index (χ1) is 11.5. The van der Waals surface area contributed by atoms with Gasteiger partial charge in [0.15, 0.2) is 5.78 Å². The highest BCUT2D eigenvalue weighted by atomic mass is 16.5. The third-order valence-electron chi connectivity index (χ3n) is 3.45. The molecule has 1 N–H and O–H groups in total. The SMILES string of the molecule is CCCOc1ccc(C(C)=O)cc1NC(=O)c1ccc(OC)cc1. The largest absolute Gasteiger partial charge is 0.497 e. The van der Waals surface area contributed by atoms with Gasteiger partial charge in [-0.05, 0) is 55.8 Å². The number of anilines is 1. The van der Waals surface area contributed by atoms with Crippen molar-refractivity contribution in [1.82, 2.24) is 0 Å². The average Bonchev–Trinajstić information content (AvgIpc) is 2.60. The molecule has 2 aromatic carbocycles. The minimum absolute atomic E-state index is 0.0722. The third-order valence-corrected chi connectivity index (χ3v) is 3.45. The molecule has 24 heavy (non-hydrogen) atoms. The zero-order chi connectivity index (χ0) is 17.5. The number of Topliss-reactive ketones (excluding diaryl/α,β-unsaturated/α-hetero) is 1. The summed E-state index contributed by atoms with van der Waals surface area (Å²) in [6.07, 6.45) is 0.848. The van der Waals surface area contributed by atoms with Gasteiger partial charge in [-0.25, -0.2) is 0 Å². The number of ether oxygens (including phenoxy) is 2. The summed E-state index contributed by atoms with van der Waals surface area (Å²) in [5.41, 5.74) is 1.49. The van der Waals surface area contributed by atoms with Crippen LogP contribution in [-0.2, 0) is 0 Å². The molecule has 0 aliphatic carbocycles.